The summed E-state index contributed by atoms with van der Waals surface area (Å²) in [4.78, 5) is 0. The number of aliphatic hydroxyl groups is 3. The van der Waals surface area contributed by atoms with Crippen molar-refractivity contribution in [2.75, 3.05) is 0 Å². The van der Waals surface area contributed by atoms with Gasteiger partial charge in [0.15, 0.2) is 11.5 Å². The average molecular weight is 364 g/mol. The molecule has 146 valence electrons. The fraction of sp³-hybridized carbons (Fsp3) is 0.714. The van der Waals surface area contributed by atoms with Crippen LogP contribution in [0.1, 0.15) is 82.6 Å². The molecule has 5 heteroatoms. The first kappa shape index (κ1) is 19.5. The third-order valence-electron chi connectivity index (χ3n) is 6.96. The zero-order valence-electron chi connectivity index (χ0n) is 16.3. The molecule has 1 aromatic carbocycles. The molecule has 0 amide bonds. The number of aromatic hydroxyl groups is 2. The Bertz CT molecular complexity index is 709. The third kappa shape index (κ3) is 2.40. The second kappa shape index (κ2) is 6.11. The lowest BCUT2D eigenvalue weighted by Gasteiger charge is -2.59. The molecule has 0 aromatic heterocycles. The standard InChI is InChI=1S/C21H32O5/c1-10(2)12-9-13-14(17(25)15(12)23)21(11(3)22)8-6-7-20(4,5)19(21)18(26)16(13)24/h9-11,16,18-19,22-26H,6-8H2,1-5H3/t11?,16-,18+,19+,21+/m1/s1. The van der Waals surface area contributed by atoms with Crippen LogP contribution in [0.4, 0.5) is 0 Å². The van der Waals surface area contributed by atoms with Crippen molar-refractivity contribution >= 4 is 0 Å². The van der Waals surface area contributed by atoms with Crippen LogP contribution in [0.5, 0.6) is 11.5 Å². The molecule has 1 unspecified atom stereocenters. The molecule has 5 atom stereocenters. The van der Waals surface area contributed by atoms with Crippen LogP contribution >= 0.6 is 0 Å². The lowest BCUT2D eigenvalue weighted by atomic mass is 9.46. The second-order valence-electron chi connectivity index (χ2n) is 9.25. The Morgan fingerprint density at radius 1 is 1.04 bits per heavy atom. The first-order valence-electron chi connectivity index (χ1n) is 9.60. The highest BCUT2D eigenvalue weighted by atomic mass is 16.3. The summed E-state index contributed by atoms with van der Waals surface area (Å²) in [5.41, 5.74) is 0.122. The van der Waals surface area contributed by atoms with Crippen LogP contribution in [-0.4, -0.2) is 37.7 Å². The minimum absolute atomic E-state index is 0.0569. The number of phenolic OH excluding ortho intramolecular Hbond substituents is 2. The van der Waals surface area contributed by atoms with Crippen molar-refractivity contribution in [2.45, 2.75) is 83.5 Å². The Morgan fingerprint density at radius 3 is 2.19 bits per heavy atom. The average Bonchev–Trinajstić information content (AvgIpc) is 2.53. The number of rotatable bonds is 2. The summed E-state index contributed by atoms with van der Waals surface area (Å²) in [6.07, 6.45) is -0.767. The van der Waals surface area contributed by atoms with Crippen molar-refractivity contribution in [2.24, 2.45) is 11.3 Å². The Kier molecular flexibility index (Phi) is 4.57. The summed E-state index contributed by atoms with van der Waals surface area (Å²) in [6.45, 7) is 9.53. The topological polar surface area (TPSA) is 101 Å². The lowest BCUT2D eigenvalue weighted by molar-refractivity contribution is -0.144. The molecular weight excluding hydrogens is 332 g/mol. The van der Waals surface area contributed by atoms with Gasteiger partial charge in [0, 0.05) is 22.5 Å². The number of aliphatic hydroxyl groups excluding tert-OH is 3. The van der Waals surface area contributed by atoms with Gasteiger partial charge in [0.2, 0.25) is 0 Å². The largest absolute Gasteiger partial charge is 0.504 e. The zero-order chi connectivity index (χ0) is 19.6. The Labute approximate surface area is 155 Å². The SMILES string of the molecule is CC(C)c1cc2c(c(O)c1O)[C@@]1(C(C)O)CCCC(C)(C)[C@@H]1[C@@H](O)[C@@H]2O. The van der Waals surface area contributed by atoms with Crippen LogP contribution in [0.25, 0.3) is 0 Å². The van der Waals surface area contributed by atoms with Crippen molar-refractivity contribution in [1.29, 1.82) is 0 Å². The van der Waals surface area contributed by atoms with E-state index in [1.165, 1.54) is 0 Å². The molecule has 0 saturated heterocycles. The number of hydrogen-bond donors (Lipinski definition) is 5. The van der Waals surface area contributed by atoms with Gasteiger partial charge in [0.25, 0.3) is 0 Å². The maximum atomic E-state index is 11.1. The van der Waals surface area contributed by atoms with Gasteiger partial charge in [0.1, 0.15) is 6.10 Å². The maximum Gasteiger partial charge on any atom is 0.162 e. The van der Waals surface area contributed by atoms with Crippen LogP contribution in [0.2, 0.25) is 0 Å². The highest BCUT2D eigenvalue weighted by molar-refractivity contribution is 5.61. The van der Waals surface area contributed by atoms with E-state index in [0.29, 0.717) is 23.1 Å². The van der Waals surface area contributed by atoms with Crippen molar-refractivity contribution < 1.29 is 25.5 Å². The zero-order valence-corrected chi connectivity index (χ0v) is 16.3. The van der Waals surface area contributed by atoms with Crippen LogP contribution < -0.4 is 0 Å². The minimum atomic E-state index is -1.16. The van der Waals surface area contributed by atoms with Crippen LogP contribution in [0.15, 0.2) is 6.07 Å². The summed E-state index contributed by atoms with van der Waals surface area (Å²) >= 11 is 0. The molecule has 0 spiro atoms. The van der Waals surface area contributed by atoms with Gasteiger partial charge in [-0.1, -0.05) is 34.1 Å². The van der Waals surface area contributed by atoms with E-state index in [9.17, 15) is 25.5 Å². The van der Waals surface area contributed by atoms with E-state index in [1.807, 2.05) is 27.7 Å². The van der Waals surface area contributed by atoms with Crippen LogP contribution in [0, 0.1) is 11.3 Å². The van der Waals surface area contributed by atoms with E-state index in [1.54, 1.807) is 13.0 Å². The van der Waals surface area contributed by atoms with E-state index >= 15 is 0 Å². The monoisotopic (exact) mass is 364 g/mol. The summed E-state index contributed by atoms with van der Waals surface area (Å²) in [5, 5.41) is 54.4. The van der Waals surface area contributed by atoms with E-state index in [-0.39, 0.29) is 22.8 Å². The van der Waals surface area contributed by atoms with Gasteiger partial charge in [-0.25, -0.2) is 0 Å². The first-order chi connectivity index (χ1) is 12.0. The molecule has 0 aliphatic heterocycles. The van der Waals surface area contributed by atoms with Gasteiger partial charge < -0.3 is 25.5 Å². The van der Waals surface area contributed by atoms with E-state index < -0.39 is 29.6 Å². The third-order valence-corrected chi connectivity index (χ3v) is 6.96. The predicted molar refractivity (Wildman–Crippen MR) is 99.3 cm³/mol. The molecule has 26 heavy (non-hydrogen) atoms. The number of phenols is 2. The fourth-order valence-corrected chi connectivity index (χ4v) is 5.80. The van der Waals surface area contributed by atoms with Crippen LogP contribution in [0.3, 0.4) is 0 Å². The highest BCUT2D eigenvalue weighted by Gasteiger charge is 2.61. The number of benzene rings is 1. The summed E-state index contributed by atoms with van der Waals surface area (Å²) in [6, 6.07) is 1.69. The quantitative estimate of drug-likeness (QED) is 0.519. The van der Waals surface area contributed by atoms with Gasteiger partial charge in [-0.3, -0.25) is 0 Å². The molecule has 1 saturated carbocycles. The Balaban J connectivity index is 2.40. The molecular formula is C21H32O5. The second-order valence-corrected chi connectivity index (χ2v) is 9.25. The van der Waals surface area contributed by atoms with Crippen molar-refractivity contribution in [3.63, 3.8) is 0 Å². The lowest BCUT2D eigenvalue weighted by Crippen LogP contribution is -2.61. The summed E-state index contributed by atoms with van der Waals surface area (Å²) < 4.78 is 0. The Hall–Kier alpha value is -1.30. The van der Waals surface area contributed by atoms with Gasteiger partial charge >= 0.3 is 0 Å². The minimum Gasteiger partial charge on any atom is -0.504 e. The summed E-state index contributed by atoms with van der Waals surface area (Å²) in [5.74, 6) is -0.940. The molecule has 1 aromatic rings. The molecule has 5 N–H and O–H groups in total. The first-order valence-corrected chi connectivity index (χ1v) is 9.60. The molecule has 0 heterocycles. The maximum absolute atomic E-state index is 11.1. The van der Waals surface area contributed by atoms with Gasteiger partial charge in [-0.2, -0.15) is 0 Å². The number of fused-ring (bicyclic) bond motifs is 3. The van der Waals surface area contributed by atoms with Gasteiger partial charge in [0.05, 0.1) is 12.2 Å². The molecule has 3 rings (SSSR count). The van der Waals surface area contributed by atoms with E-state index in [2.05, 4.69) is 0 Å². The normalized spacial score (nSPS) is 34.3. The highest BCUT2D eigenvalue weighted by Crippen LogP contribution is 2.63. The molecule has 0 bridgehead atoms. The van der Waals surface area contributed by atoms with Crippen LogP contribution in [-0.2, 0) is 5.41 Å². The molecule has 2 aliphatic carbocycles. The van der Waals surface area contributed by atoms with Crippen molar-refractivity contribution in [3.05, 3.63) is 22.8 Å². The molecule has 1 fully saturated rings. The van der Waals surface area contributed by atoms with Gasteiger partial charge in [-0.15, -0.1) is 0 Å². The summed E-state index contributed by atoms with van der Waals surface area (Å²) in [7, 11) is 0. The van der Waals surface area contributed by atoms with Gasteiger partial charge in [-0.05, 0) is 42.7 Å². The smallest absolute Gasteiger partial charge is 0.162 e. The van der Waals surface area contributed by atoms with Crippen molar-refractivity contribution in [1.82, 2.24) is 0 Å². The number of hydrogen-bond acceptors (Lipinski definition) is 5. The Morgan fingerprint density at radius 2 is 1.65 bits per heavy atom. The van der Waals surface area contributed by atoms with E-state index in [4.69, 9.17) is 0 Å². The molecule has 2 aliphatic rings. The fourth-order valence-electron chi connectivity index (χ4n) is 5.80. The van der Waals surface area contributed by atoms with E-state index in [0.717, 1.165) is 12.8 Å². The predicted octanol–water partition coefficient (Wildman–Crippen LogP) is 3.07. The molecule has 0 radical (unpaired) electrons. The molecule has 5 nitrogen and oxygen atoms in total. The van der Waals surface area contributed by atoms with Crippen molar-refractivity contribution in [3.8, 4) is 11.5 Å².